The summed E-state index contributed by atoms with van der Waals surface area (Å²) in [5.41, 5.74) is 9.47. The molecule has 1 unspecified atom stereocenters. The number of carbonyl (C=O) groups excluding carboxylic acids is 7. The number of aliphatic carboxylic acids is 1. The summed E-state index contributed by atoms with van der Waals surface area (Å²) in [6, 6.07) is 14.5. The minimum Gasteiger partial charge on any atom is -0.508 e. The van der Waals surface area contributed by atoms with Crippen LogP contribution in [0.1, 0.15) is 125 Å². The van der Waals surface area contributed by atoms with E-state index in [0.717, 1.165) is 65.2 Å². The Morgan fingerprint density at radius 3 is 1.90 bits per heavy atom. The molecular formula is C86H97Cl3N10O26. The number of hydrogen-bond acceptors (Lipinski definition) is 28. The van der Waals surface area contributed by atoms with Crippen LogP contribution in [0.15, 0.2) is 127 Å². The minimum absolute atomic E-state index is 0.120. The maximum absolute atomic E-state index is 16.6. The molecule has 668 valence electrons. The van der Waals surface area contributed by atoms with Crippen molar-refractivity contribution < 1.29 is 127 Å². The Labute approximate surface area is 730 Å². The summed E-state index contributed by atoms with van der Waals surface area (Å²) < 4.78 is 52.9. The lowest BCUT2D eigenvalue weighted by molar-refractivity contribution is -0.334. The van der Waals surface area contributed by atoms with Gasteiger partial charge in [-0.15, -0.1) is 0 Å². The number of aliphatic hydroxyl groups is 6. The fourth-order valence-electron chi connectivity index (χ4n) is 16.1. The van der Waals surface area contributed by atoms with E-state index in [1.54, 1.807) is 26.0 Å². The Kier molecular flexibility index (Phi) is 27.9. The zero-order valence-electron chi connectivity index (χ0n) is 68.3. The summed E-state index contributed by atoms with van der Waals surface area (Å²) in [7, 11) is 1.48. The molecular weight excluding hydrogens is 1700 g/mol. The van der Waals surface area contributed by atoms with Crippen LogP contribution in [0.25, 0.3) is 22.3 Å². The number of ether oxygens (including phenoxy) is 8. The Morgan fingerprint density at radius 1 is 0.656 bits per heavy atom. The van der Waals surface area contributed by atoms with Crippen LogP contribution >= 0.6 is 34.8 Å². The summed E-state index contributed by atoms with van der Waals surface area (Å²) >= 11 is 20.8. The number of aromatic hydroxyl groups is 3. The molecule has 22 N–H and O–H groups in total. The van der Waals surface area contributed by atoms with Gasteiger partial charge < -0.3 is 143 Å². The van der Waals surface area contributed by atoms with Crippen LogP contribution in [0.2, 0.25) is 15.1 Å². The van der Waals surface area contributed by atoms with E-state index >= 15 is 24.0 Å². The molecule has 8 aliphatic heterocycles. The smallest absolute Gasteiger partial charge is 0.330 e. The third-order valence-corrected chi connectivity index (χ3v) is 23.8. The van der Waals surface area contributed by atoms with Crippen molar-refractivity contribution in [2.45, 2.75) is 195 Å². The molecule has 0 spiro atoms. The Morgan fingerprint density at radius 2 is 1.27 bits per heavy atom. The first-order valence-electron chi connectivity index (χ1n) is 40.0. The topological polar surface area (TPSA) is 561 Å². The first-order chi connectivity index (χ1) is 59.2. The van der Waals surface area contributed by atoms with E-state index in [2.05, 4.69) is 42.5 Å². The molecule has 11 bridgehead atoms. The molecule has 8 heterocycles. The third-order valence-electron chi connectivity index (χ3n) is 23.0. The van der Waals surface area contributed by atoms with Gasteiger partial charge in [0, 0.05) is 52.2 Å². The number of likely N-dealkylation sites (N-methyl/N-ethyl adjacent to an activating group) is 1. The van der Waals surface area contributed by atoms with Gasteiger partial charge in [0.15, 0.2) is 36.2 Å². The molecule has 0 aromatic heterocycles. The minimum atomic E-state index is -2.40. The molecule has 3 saturated heterocycles. The molecule has 0 radical (unpaired) electrons. The number of rotatable bonds is 19. The summed E-state index contributed by atoms with van der Waals surface area (Å²) in [6.45, 7) is 8.69. The second-order valence-corrected chi connectivity index (χ2v) is 34.0. The highest BCUT2D eigenvalue weighted by molar-refractivity contribution is 6.32. The first-order valence-corrected chi connectivity index (χ1v) is 41.2. The van der Waals surface area contributed by atoms with E-state index in [1.165, 1.54) is 51.2 Å². The summed E-state index contributed by atoms with van der Waals surface area (Å²) in [5.74, 6) is -17.3. The van der Waals surface area contributed by atoms with Gasteiger partial charge in [0.2, 0.25) is 53.4 Å². The average Bonchev–Trinajstić information content (AvgIpc) is 0.764. The summed E-state index contributed by atoms with van der Waals surface area (Å²) in [6.07, 6.45) is -21.6. The lowest BCUT2D eigenvalue weighted by Crippen LogP contribution is -2.65. The number of hydrogen-bond donors (Lipinski definition) is 20. The van der Waals surface area contributed by atoms with Gasteiger partial charge in [0.05, 0.1) is 59.6 Å². The number of primary amides is 1. The fourth-order valence-corrected chi connectivity index (χ4v) is 16.7. The Bertz CT molecular complexity index is 5250. The third kappa shape index (κ3) is 20.0. The van der Waals surface area contributed by atoms with E-state index < -0.39 is 268 Å². The maximum Gasteiger partial charge on any atom is 0.330 e. The van der Waals surface area contributed by atoms with Crippen molar-refractivity contribution in [3.05, 3.63) is 176 Å². The van der Waals surface area contributed by atoms with Crippen molar-refractivity contribution in [1.29, 1.82) is 0 Å². The van der Waals surface area contributed by atoms with Crippen LogP contribution in [0.4, 0.5) is 0 Å². The monoisotopic (exact) mass is 1790 g/mol. The van der Waals surface area contributed by atoms with Crippen LogP contribution in [0.3, 0.4) is 0 Å². The number of nitrogens with one attached hydrogen (secondary N) is 8. The van der Waals surface area contributed by atoms with Crippen molar-refractivity contribution in [3.8, 4) is 68.2 Å². The number of aliphatic hydroxyl groups excluding tert-OH is 6. The highest BCUT2D eigenvalue weighted by atomic mass is 35.5. The second kappa shape index (κ2) is 37.9. The molecule has 7 aromatic rings. The number of halogens is 3. The molecule has 36 nitrogen and oxygen atoms in total. The van der Waals surface area contributed by atoms with E-state index in [0.29, 0.717) is 5.02 Å². The van der Waals surface area contributed by atoms with E-state index in [1.807, 2.05) is 50.2 Å². The van der Waals surface area contributed by atoms with Crippen molar-refractivity contribution in [1.82, 2.24) is 42.5 Å². The highest BCUT2D eigenvalue weighted by Gasteiger charge is 2.53. The molecule has 15 rings (SSSR count). The number of carbonyl (C=O) groups is 8. The molecule has 125 heavy (non-hydrogen) atoms. The predicted molar refractivity (Wildman–Crippen MR) is 445 cm³/mol. The predicted octanol–water partition coefficient (Wildman–Crippen LogP) is 4.35. The van der Waals surface area contributed by atoms with E-state index in [-0.39, 0.29) is 52.8 Å². The number of nitrogens with two attached hydrogens (primary N) is 2. The zero-order valence-corrected chi connectivity index (χ0v) is 70.6. The van der Waals surface area contributed by atoms with Gasteiger partial charge in [0.25, 0.3) is 0 Å². The molecule has 8 aliphatic rings. The van der Waals surface area contributed by atoms with Crippen molar-refractivity contribution in [2.75, 3.05) is 20.3 Å². The van der Waals surface area contributed by atoms with Crippen LogP contribution < -0.4 is 68.2 Å². The Hall–Kier alpha value is -10.6. The quantitative estimate of drug-likeness (QED) is 0.0535. The van der Waals surface area contributed by atoms with Gasteiger partial charge in [-0.25, -0.2) is 4.79 Å². The molecule has 39 heteroatoms. The molecule has 3 fully saturated rings. The number of phenolic OH excluding ortho intramolecular Hbond substituents is 3. The number of phenols is 3. The SMILES string of the molecule is CN[C@H](CC(C)C)C(=O)N[C@H]1C(=O)N[C@@H](CC(N)=O)C(=O)N[C@H]2C(=O)N[C@H]3C(=O)N[C@H](C(=O)NC(C(=O)O)c4cc(O)cc(O)c4-c4cc3ccc4O)[C@H](O[C@H]3OC[C@](C)(N)[C@@H](O)[C@@H]3C)c3ccc(c(Cl)c3)Oc3cc2cc(c3O[C@@H]2O[C@H](CO)[C@@H](O)[C@H](O)[C@H]2O[C@H]2C[C@](C)(NCc3ccc(-c4ccc(Cl)cc4)cc3)[C@@H](O)[C@H](C)O2)Oc2ccc(cc2Cl)[C@H]1O. The number of benzene rings is 7. The summed E-state index contributed by atoms with van der Waals surface area (Å²) in [4.78, 5) is 121. The molecule has 0 aliphatic carbocycles. The molecule has 0 saturated carbocycles. The van der Waals surface area contributed by atoms with Crippen LogP contribution in [0, 0.1) is 11.8 Å². The number of carboxylic acids is 1. The average molecular weight is 1790 g/mol. The molecule has 7 aromatic carbocycles. The molecule has 7 amide bonds. The van der Waals surface area contributed by atoms with Crippen LogP contribution in [-0.2, 0) is 68.6 Å². The van der Waals surface area contributed by atoms with E-state index in [4.69, 9.17) is 84.2 Å². The largest absolute Gasteiger partial charge is 0.508 e. The number of fused-ring (bicyclic) bond motifs is 15. The zero-order chi connectivity index (χ0) is 90.3. The van der Waals surface area contributed by atoms with Crippen molar-refractivity contribution in [3.63, 3.8) is 0 Å². The van der Waals surface area contributed by atoms with Gasteiger partial charge in [0.1, 0.15) is 89.5 Å². The van der Waals surface area contributed by atoms with Gasteiger partial charge in [-0.1, -0.05) is 110 Å². The summed E-state index contributed by atoms with van der Waals surface area (Å²) in [5, 5.41) is 138. The van der Waals surface area contributed by atoms with E-state index in [9.17, 15) is 65.4 Å². The van der Waals surface area contributed by atoms with Gasteiger partial charge in [-0.05, 0) is 146 Å². The second-order valence-electron chi connectivity index (χ2n) is 32.8. The van der Waals surface area contributed by atoms with Crippen LogP contribution in [0.5, 0.6) is 46.0 Å². The standard InChI is InChI=1S/C86H97Cl3N10O26/c1-35(2)22-51(92-7)76(110)98-66-68(105)42-15-20-55(49(88)24-42)120-57-26-44-27-58(72(57)125-84-73(70(107)69(106)59(33-100)122-84)123-61-31-86(6,75(109)37(4)119-61)93-32-38-8-10-39(11-9-38)40-12-17-45(87)18-13-40)121-56-21-16-43(25-50(56)89)71(124-83-36(3)74(108)85(5,91)34-118-83)67-81(115)97-65(82(116)117)48-28-46(101)29-54(103)62(48)47-23-41(14-19-53(47)102)63(78(112)99-67)96-79(113)64(44)95-77(111)52(30-60(90)104)94-80(66)114/h8-21,23-29,35-37,51-52,59,61,63-71,73-75,83-84,92-93,100-103,105-109H,22,30-34,91H2,1-7H3,(H2,90,104)(H,94,114)(H,95,111)(H,96,113)(H,97,115)(H,98,110)(H,99,112)(H,116,117)/t36-,37-,51+,52-,59+,61-,63+,64+,65?,66+,67-,68+,69+,70-,71+,73+,74-,75-,83+,84-,85-,86-/m0/s1. The number of carboxylic acid groups (broad SMARTS) is 1. The fraction of sp³-hybridized carbons (Fsp3) is 0.419. The number of amides is 7. The normalized spacial score (nSPS) is 29.7. The van der Waals surface area contributed by atoms with Gasteiger partial charge in [-0.3, -0.25) is 33.6 Å². The lowest BCUT2D eigenvalue weighted by atomic mass is 9.84. The van der Waals surface area contributed by atoms with Gasteiger partial charge in [-0.2, -0.15) is 0 Å². The maximum atomic E-state index is 16.6. The molecule has 22 atom stereocenters. The van der Waals surface area contributed by atoms with Crippen molar-refractivity contribution >= 4 is 82.1 Å². The lowest BCUT2D eigenvalue weighted by Gasteiger charge is -2.48. The Balaban J connectivity index is 1.02. The van der Waals surface area contributed by atoms with Crippen LogP contribution in [-0.4, -0.2) is 215 Å². The van der Waals surface area contributed by atoms with Crippen molar-refractivity contribution in [2.24, 2.45) is 23.3 Å². The van der Waals surface area contributed by atoms with Gasteiger partial charge >= 0.3 is 5.97 Å². The highest BCUT2D eigenvalue weighted by Crippen LogP contribution is 2.51. The first kappa shape index (κ1) is 92.1.